The first-order valence-corrected chi connectivity index (χ1v) is 10.9. The van der Waals surface area contributed by atoms with Gasteiger partial charge in [0.2, 0.25) is 11.8 Å². The molecule has 164 valence electrons. The average Bonchev–Trinajstić information content (AvgIpc) is 2.76. The largest absolute Gasteiger partial charge is 0.339 e. The minimum atomic E-state index is -0.377. The molecule has 1 saturated heterocycles. The van der Waals surface area contributed by atoms with E-state index in [2.05, 4.69) is 5.32 Å². The Balaban J connectivity index is 1.52. The highest BCUT2D eigenvalue weighted by Crippen LogP contribution is 2.29. The number of amides is 3. The molecule has 0 radical (unpaired) electrons. The number of hydrogen-bond donors (Lipinski definition) is 1. The number of hydrogen-bond acceptors (Lipinski definition) is 3. The summed E-state index contributed by atoms with van der Waals surface area (Å²) in [5, 5.41) is 3.33. The normalized spacial score (nSPS) is 14.3. The van der Waals surface area contributed by atoms with Gasteiger partial charge in [-0.15, -0.1) is 0 Å². The molecule has 1 aliphatic rings. The highest BCUT2D eigenvalue weighted by atomic mass is 35.5. The van der Waals surface area contributed by atoms with Gasteiger partial charge in [0.25, 0.3) is 5.91 Å². The number of carbonyl (C=O) groups excluding carboxylic acids is 3. The third-order valence-electron chi connectivity index (χ3n) is 5.49. The van der Waals surface area contributed by atoms with Gasteiger partial charge in [-0.2, -0.15) is 0 Å². The van der Waals surface area contributed by atoms with Crippen LogP contribution in [0.1, 0.15) is 28.8 Å². The Bertz CT molecular complexity index is 968. The molecule has 31 heavy (non-hydrogen) atoms. The van der Waals surface area contributed by atoms with Gasteiger partial charge in [0, 0.05) is 31.6 Å². The Morgan fingerprint density at radius 1 is 1.03 bits per heavy atom. The fourth-order valence-corrected chi connectivity index (χ4v) is 4.21. The van der Waals surface area contributed by atoms with Crippen LogP contribution in [0.25, 0.3) is 0 Å². The fourth-order valence-electron chi connectivity index (χ4n) is 3.71. The van der Waals surface area contributed by atoms with Gasteiger partial charge in [0.05, 0.1) is 22.3 Å². The lowest BCUT2D eigenvalue weighted by atomic mass is 9.94. The van der Waals surface area contributed by atoms with E-state index in [1.165, 1.54) is 4.90 Å². The van der Waals surface area contributed by atoms with Crippen molar-refractivity contribution in [2.24, 2.45) is 5.92 Å². The predicted octanol–water partition coefficient (Wildman–Crippen LogP) is 4.25. The first kappa shape index (κ1) is 23.1. The van der Waals surface area contributed by atoms with Gasteiger partial charge in [-0.3, -0.25) is 14.4 Å². The van der Waals surface area contributed by atoms with Crippen LogP contribution in [0.3, 0.4) is 0 Å². The van der Waals surface area contributed by atoms with E-state index in [-0.39, 0.29) is 30.2 Å². The second kappa shape index (κ2) is 10.2. The van der Waals surface area contributed by atoms with Gasteiger partial charge < -0.3 is 15.1 Å². The molecule has 0 aliphatic carbocycles. The molecule has 0 aromatic heterocycles. The summed E-state index contributed by atoms with van der Waals surface area (Å²) in [6.45, 7) is 2.83. The van der Waals surface area contributed by atoms with E-state index in [1.807, 2.05) is 31.2 Å². The predicted molar refractivity (Wildman–Crippen MR) is 123 cm³/mol. The molecule has 1 N–H and O–H groups in total. The van der Waals surface area contributed by atoms with Crippen LogP contribution in [0.4, 0.5) is 5.69 Å². The molecule has 0 unspecified atom stereocenters. The Labute approximate surface area is 192 Å². The highest BCUT2D eigenvalue weighted by molar-refractivity contribution is 6.39. The molecule has 0 saturated carbocycles. The van der Waals surface area contributed by atoms with E-state index < -0.39 is 0 Å². The van der Waals surface area contributed by atoms with Gasteiger partial charge in [-0.05, 0) is 43.5 Å². The van der Waals surface area contributed by atoms with Crippen molar-refractivity contribution >= 4 is 46.6 Å². The smallest absolute Gasteiger partial charge is 0.254 e. The SMILES string of the molecule is Cc1ccccc1C(=O)N1CCC(C(=O)N(C)CC(=O)Nc2c(Cl)cccc2Cl)CC1. The number of para-hydroxylation sites is 1. The number of nitrogens with zero attached hydrogens (tertiary/aromatic N) is 2. The highest BCUT2D eigenvalue weighted by Gasteiger charge is 2.30. The number of aryl methyl sites for hydroxylation is 1. The first-order chi connectivity index (χ1) is 14.8. The van der Waals surface area contributed by atoms with Crippen molar-refractivity contribution in [1.29, 1.82) is 0 Å². The lowest BCUT2D eigenvalue weighted by Gasteiger charge is -2.33. The molecule has 8 heteroatoms. The molecule has 2 aromatic rings. The van der Waals surface area contributed by atoms with Crippen molar-refractivity contribution in [3.63, 3.8) is 0 Å². The third kappa shape index (κ3) is 5.57. The van der Waals surface area contributed by atoms with Crippen LogP contribution in [-0.4, -0.2) is 54.2 Å². The lowest BCUT2D eigenvalue weighted by Crippen LogP contribution is -2.45. The molecule has 3 rings (SSSR count). The van der Waals surface area contributed by atoms with Crippen LogP contribution in [0, 0.1) is 12.8 Å². The molecule has 1 fully saturated rings. The lowest BCUT2D eigenvalue weighted by molar-refractivity contribution is -0.138. The fraction of sp³-hybridized carbons (Fsp3) is 0.348. The van der Waals surface area contributed by atoms with Crippen LogP contribution in [0.2, 0.25) is 10.0 Å². The maximum atomic E-state index is 12.8. The van der Waals surface area contributed by atoms with Gasteiger partial charge >= 0.3 is 0 Å². The Kier molecular flexibility index (Phi) is 7.57. The summed E-state index contributed by atoms with van der Waals surface area (Å²) in [6, 6.07) is 12.4. The molecular formula is C23H25Cl2N3O3. The number of piperidine rings is 1. The van der Waals surface area contributed by atoms with Gasteiger partial charge in [-0.25, -0.2) is 0 Å². The number of nitrogens with one attached hydrogen (secondary N) is 1. The zero-order valence-electron chi connectivity index (χ0n) is 17.5. The minimum Gasteiger partial charge on any atom is -0.339 e. The van der Waals surface area contributed by atoms with Crippen LogP contribution >= 0.6 is 23.2 Å². The molecule has 0 atom stereocenters. The molecular weight excluding hydrogens is 437 g/mol. The van der Waals surface area contributed by atoms with Crippen molar-refractivity contribution in [2.75, 3.05) is 32.0 Å². The van der Waals surface area contributed by atoms with Crippen molar-refractivity contribution < 1.29 is 14.4 Å². The van der Waals surface area contributed by atoms with E-state index in [1.54, 1.807) is 30.1 Å². The zero-order chi connectivity index (χ0) is 22.5. The van der Waals surface area contributed by atoms with Crippen LogP contribution in [0.5, 0.6) is 0 Å². The summed E-state index contributed by atoms with van der Waals surface area (Å²) < 4.78 is 0. The topological polar surface area (TPSA) is 69.7 Å². The Morgan fingerprint density at radius 2 is 1.65 bits per heavy atom. The van der Waals surface area contributed by atoms with E-state index in [0.29, 0.717) is 47.2 Å². The summed E-state index contributed by atoms with van der Waals surface area (Å²) in [5.41, 5.74) is 1.97. The summed E-state index contributed by atoms with van der Waals surface area (Å²) in [4.78, 5) is 41.1. The average molecular weight is 462 g/mol. The zero-order valence-corrected chi connectivity index (χ0v) is 19.0. The molecule has 6 nitrogen and oxygen atoms in total. The quantitative estimate of drug-likeness (QED) is 0.723. The second-order valence-electron chi connectivity index (χ2n) is 7.72. The number of anilines is 1. The van der Waals surface area contributed by atoms with Crippen LogP contribution < -0.4 is 5.32 Å². The van der Waals surface area contributed by atoms with Gasteiger partial charge in [0.15, 0.2) is 0 Å². The Morgan fingerprint density at radius 3 is 2.26 bits per heavy atom. The maximum absolute atomic E-state index is 12.8. The standard InChI is InChI=1S/C23H25Cl2N3O3/c1-15-6-3-4-7-17(15)23(31)28-12-10-16(11-13-28)22(30)27(2)14-20(29)26-21-18(24)8-5-9-19(21)25/h3-9,16H,10-14H2,1-2H3,(H,26,29). The molecule has 1 heterocycles. The summed E-state index contributed by atoms with van der Waals surface area (Å²) in [6.07, 6.45) is 1.14. The number of likely N-dealkylation sites (tertiary alicyclic amines) is 1. The minimum absolute atomic E-state index is 0.00616. The van der Waals surface area contributed by atoms with Crippen LogP contribution in [0.15, 0.2) is 42.5 Å². The third-order valence-corrected chi connectivity index (χ3v) is 6.12. The first-order valence-electron chi connectivity index (χ1n) is 10.1. The molecule has 0 bridgehead atoms. The Hall–Kier alpha value is -2.57. The maximum Gasteiger partial charge on any atom is 0.254 e. The summed E-state index contributed by atoms with van der Waals surface area (Å²) in [5.74, 6) is -0.711. The monoisotopic (exact) mass is 461 g/mol. The van der Waals surface area contributed by atoms with Crippen molar-refractivity contribution in [2.45, 2.75) is 19.8 Å². The molecule has 3 amide bonds. The van der Waals surface area contributed by atoms with Gasteiger partial charge in [0.1, 0.15) is 0 Å². The number of rotatable bonds is 5. The number of likely N-dealkylation sites (N-methyl/N-ethyl adjacent to an activating group) is 1. The summed E-state index contributed by atoms with van der Waals surface area (Å²) in [7, 11) is 1.60. The van der Waals surface area contributed by atoms with Crippen molar-refractivity contribution in [1.82, 2.24) is 9.80 Å². The molecule has 0 spiro atoms. The van der Waals surface area contributed by atoms with Crippen molar-refractivity contribution in [3.8, 4) is 0 Å². The summed E-state index contributed by atoms with van der Waals surface area (Å²) >= 11 is 12.2. The molecule has 1 aliphatic heterocycles. The van der Waals surface area contributed by atoms with E-state index in [4.69, 9.17) is 23.2 Å². The second-order valence-corrected chi connectivity index (χ2v) is 8.53. The van der Waals surface area contributed by atoms with E-state index in [9.17, 15) is 14.4 Å². The van der Waals surface area contributed by atoms with Crippen molar-refractivity contribution in [3.05, 3.63) is 63.6 Å². The number of benzene rings is 2. The number of carbonyl (C=O) groups is 3. The van der Waals surface area contributed by atoms with E-state index in [0.717, 1.165) is 5.56 Å². The molecule has 2 aromatic carbocycles. The number of halogens is 2. The van der Waals surface area contributed by atoms with Gasteiger partial charge in [-0.1, -0.05) is 47.5 Å². The van der Waals surface area contributed by atoms with Crippen LogP contribution in [-0.2, 0) is 9.59 Å². The van der Waals surface area contributed by atoms with E-state index >= 15 is 0 Å².